The molecule has 20 heteroatoms. The summed E-state index contributed by atoms with van der Waals surface area (Å²) in [4.78, 5) is 0. The standard InChI is InChI=1S/C80H128B4N4O12/c1-21-49(17)69-41-93-81(25-5)97-77-61-33-57(73(89)65(77)37-85-69)53(29-45(9)10)62-35-59(75(91)67-39-87-71(51(19)23-3)42-94-82(26-6)98-78(62)67)55(31-47(13)14)64-36-60(76(92)68-40-88-72(52(20)24-4)44-96-84(28-8)100-80(64)68)56(32-48(15)16)63-34-58(54(61)30-46(11)12)74(90)66-38-86-70(50(18)22-2)43-95-83(27-7)99-79(63)66/h33-36,45-56,69-72,85-92H,21-32,37-44H2,1-20H3/t49?,50?,51?,52?,53?,54?,55?,56?,69-,70-,71-,72-/m1/s1. The fourth-order valence-electron chi connectivity index (χ4n) is 16.0. The van der Waals surface area contributed by atoms with Crippen LogP contribution in [0.3, 0.4) is 0 Å². The average molecular weight is 1380 g/mol. The highest BCUT2D eigenvalue weighted by atomic mass is 16.6. The normalized spacial score (nSPS) is 23.8. The minimum atomic E-state index is -0.678. The maximum absolute atomic E-state index is 14.1. The number of fused-ring (bicyclic) bond motifs is 16. The Kier molecular flexibility index (Phi) is 28.4. The van der Waals surface area contributed by atoms with Crippen molar-refractivity contribution in [1.82, 2.24) is 21.3 Å². The molecule has 8 bridgehead atoms. The van der Waals surface area contributed by atoms with E-state index in [9.17, 15) is 20.4 Å². The molecule has 4 aromatic rings. The maximum atomic E-state index is 14.1. The van der Waals surface area contributed by atoms with Crippen LogP contribution in [0.15, 0.2) is 24.3 Å². The van der Waals surface area contributed by atoms with Gasteiger partial charge in [-0.15, -0.1) is 0 Å². The van der Waals surface area contributed by atoms with Crippen LogP contribution in [0.1, 0.15) is 280 Å². The second kappa shape index (κ2) is 35.8. The monoisotopic (exact) mass is 1380 g/mol. The molecule has 0 saturated carbocycles. The highest BCUT2D eigenvalue weighted by Crippen LogP contribution is 2.58. The van der Waals surface area contributed by atoms with Gasteiger partial charge < -0.3 is 78.9 Å². The van der Waals surface area contributed by atoms with Gasteiger partial charge >= 0.3 is 28.5 Å². The van der Waals surface area contributed by atoms with Gasteiger partial charge in [-0.25, -0.2) is 0 Å². The summed E-state index contributed by atoms with van der Waals surface area (Å²) in [5, 5.41) is 72.2. The number of phenolic OH excluding ortho intramolecular Hbond substituents is 4. The Morgan fingerprint density at radius 2 is 0.510 bits per heavy atom. The van der Waals surface area contributed by atoms with E-state index in [1.54, 1.807) is 0 Å². The smallest absolute Gasteiger partial charge is 0.525 e. The molecule has 4 heterocycles. The Bertz CT molecular complexity index is 2910. The molecule has 8 unspecified atom stereocenters. The number of hydrogen-bond acceptors (Lipinski definition) is 16. The van der Waals surface area contributed by atoms with Gasteiger partial charge in [-0.3, -0.25) is 0 Å². The molecule has 5 aliphatic rings. The van der Waals surface area contributed by atoms with Gasteiger partial charge in [-0.05, 0) is 123 Å². The molecule has 4 aromatic carbocycles. The first-order valence-corrected chi connectivity index (χ1v) is 39.4. The second-order valence-electron chi connectivity index (χ2n) is 32.2. The van der Waals surface area contributed by atoms with E-state index in [-0.39, 0.29) is 121 Å². The van der Waals surface area contributed by atoms with Crippen molar-refractivity contribution < 1.29 is 57.7 Å². The highest BCUT2D eigenvalue weighted by Gasteiger charge is 2.44. The fraction of sp³-hybridized carbons (Fsp3) is 0.700. The number of aromatic hydroxyl groups is 4. The van der Waals surface area contributed by atoms with E-state index < -0.39 is 52.1 Å². The zero-order chi connectivity index (χ0) is 72.5. The average Bonchev–Trinajstić information content (AvgIpc) is 0.859. The lowest BCUT2D eigenvalue weighted by molar-refractivity contribution is 0.198. The van der Waals surface area contributed by atoms with Crippen LogP contribution >= 0.6 is 0 Å². The molecule has 0 aromatic heterocycles. The Balaban J connectivity index is 1.57. The first-order valence-electron chi connectivity index (χ1n) is 39.4. The Labute approximate surface area is 604 Å². The number of phenols is 4. The van der Waals surface area contributed by atoms with Crippen molar-refractivity contribution in [2.45, 2.75) is 289 Å². The van der Waals surface area contributed by atoms with Crippen molar-refractivity contribution in [1.29, 1.82) is 0 Å². The van der Waals surface area contributed by atoms with Crippen molar-refractivity contribution in [3.63, 3.8) is 0 Å². The van der Waals surface area contributed by atoms with Crippen molar-refractivity contribution >= 4 is 28.5 Å². The maximum Gasteiger partial charge on any atom is 0.525 e. The fourth-order valence-corrected chi connectivity index (χ4v) is 16.0. The zero-order valence-electron chi connectivity index (χ0n) is 65.1. The summed E-state index contributed by atoms with van der Waals surface area (Å²) in [6.45, 7) is 46.7. The lowest BCUT2D eigenvalue weighted by Gasteiger charge is -2.35. The first-order chi connectivity index (χ1) is 47.8. The summed E-state index contributed by atoms with van der Waals surface area (Å²) >= 11 is 0. The molecule has 0 spiro atoms. The van der Waals surface area contributed by atoms with Gasteiger partial charge in [0, 0.05) is 167 Å². The molecule has 100 heavy (non-hydrogen) atoms. The molecule has 9 rings (SSSR count). The summed E-state index contributed by atoms with van der Waals surface area (Å²) in [6.07, 6.45) is 8.04. The lowest BCUT2D eigenvalue weighted by atomic mass is 9.72. The van der Waals surface area contributed by atoms with Crippen molar-refractivity contribution in [3.05, 3.63) is 91.0 Å². The van der Waals surface area contributed by atoms with E-state index in [1.165, 1.54) is 0 Å². The SMILES string of the molecule is CCB1OC[C@H](C(C)CC)NCc2c(O)c3cc(c2O1)C(CC(C)C)c1cc(c2c(c1O)CN[C@@H](C(C)CC)COB(CC)O2)C(CC(C)C)c1cc(c2c(c1O)CN[C@@H](C(C)CC)COB(CC)O2)C(CC(C)C)c1cc(c2c(c1O)CN[C@@H](C(C)CC)COB(CC)O2)C3CC(C)C. The van der Waals surface area contributed by atoms with Crippen LogP contribution in [0.4, 0.5) is 0 Å². The van der Waals surface area contributed by atoms with Gasteiger partial charge in [-0.1, -0.05) is 164 Å². The Morgan fingerprint density at radius 3 is 0.670 bits per heavy atom. The topological polar surface area (TPSA) is 203 Å². The predicted octanol–water partition coefficient (Wildman–Crippen LogP) is 17.2. The zero-order valence-corrected chi connectivity index (χ0v) is 65.1. The third-order valence-corrected chi connectivity index (χ3v) is 23.1. The lowest BCUT2D eigenvalue weighted by Crippen LogP contribution is -2.40. The number of hydrogen-bond donors (Lipinski definition) is 8. The van der Waals surface area contributed by atoms with E-state index in [1.807, 2.05) is 0 Å². The first kappa shape index (κ1) is 79.3. The second-order valence-corrected chi connectivity index (χ2v) is 32.2. The van der Waals surface area contributed by atoms with E-state index in [0.29, 0.717) is 145 Å². The third-order valence-electron chi connectivity index (χ3n) is 23.1. The molecule has 12 atom stereocenters. The molecular weight excluding hydrogens is 1250 g/mol. The number of nitrogens with one attached hydrogen (secondary N) is 4. The van der Waals surface area contributed by atoms with Crippen LogP contribution in [0.25, 0.3) is 0 Å². The summed E-state index contributed by atoms with van der Waals surface area (Å²) < 4.78 is 57.3. The molecule has 8 N–H and O–H groups in total. The van der Waals surface area contributed by atoms with Crippen LogP contribution < -0.4 is 39.9 Å². The molecule has 552 valence electrons. The molecule has 0 amide bonds. The van der Waals surface area contributed by atoms with Gasteiger partial charge in [0.05, 0.1) is 0 Å². The van der Waals surface area contributed by atoms with Crippen molar-refractivity contribution in [2.75, 3.05) is 26.4 Å². The van der Waals surface area contributed by atoms with Crippen molar-refractivity contribution in [2.24, 2.45) is 47.3 Å². The van der Waals surface area contributed by atoms with Crippen molar-refractivity contribution in [3.8, 4) is 46.0 Å². The Morgan fingerprint density at radius 1 is 0.320 bits per heavy atom. The van der Waals surface area contributed by atoms with Crippen LogP contribution in [-0.4, -0.2) is 99.5 Å². The molecular formula is C80H128B4N4O12. The summed E-state index contributed by atoms with van der Waals surface area (Å²) in [7, 11) is -2.71. The van der Waals surface area contributed by atoms with Crippen LogP contribution in [0.2, 0.25) is 25.3 Å². The van der Waals surface area contributed by atoms with Gasteiger partial charge in [0.1, 0.15) is 46.0 Å². The van der Waals surface area contributed by atoms with E-state index in [2.05, 4.69) is 184 Å². The van der Waals surface area contributed by atoms with Gasteiger partial charge in [-0.2, -0.15) is 0 Å². The molecule has 0 fully saturated rings. The summed E-state index contributed by atoms with van der Waals surface area (Å²) in [5.74, 6) is 1.46. The van der Waals surface area contributed by atoms with Gasteiger partial charge in [0.15, 0.2) is 0 Å². The molecule has 0 radical (unpaired) electrons. The highest BCUT2D eigenvalue weighted by molar-refractivity contribution is 6.46. The minimum absolute atomic E-state index is 0.0679. The predicted molar refractivity (Wildman–Crippen MR) is 409 cm³/mol. The summed E-state index contributed by atoms with van der Waals surface area (Å²) in [5.41, 5.74) is 8.48. The van der Waals surface area contributed by atoms with E-state index >= 15 is 0 Å². The van der Waals surface area contributed by atoms with Crippen LogP contribution in [0.5, 0.6) is 46.0 Å². The summed E-state index contributed by atoms with van der Waals surface area (Å²) in [6, 6.07) is 8.50. The minimum Gasteiger partial charge on any atom is -0.535 e. The largest absolute Gasteiger partial charge is 0.535 e. The van der Waals surface area contributed by atoms with E-state index in [0.717, 1.165) is 47.9 Å². The number of benzene rings is 4. The molecule has 0 saturated heterocycles. The molecule has 1 aliphatic carbocycles. The van der Waals surface area contributed by atoms with Crippen LogP contribution in [-0.2, 0) is 44.8 Å². The van der Waals surface area contributed by atoms with E-state index in [4.69, 9.17) is 37.2 Å². The van der Waals surface area contributed by atoms with Gasteiger partial charge in [0.2, 0.25) is 0 Å². The third kappa shape index (κ3) is 17.8. The number of rotatable bonds is 20. The van der Waals surface area contributed by atoms with Crippen LogP contribution in [0, 0.1) is 47.3 Å². The molecule has 16 nitrogen and oxygen atoms in total. The van der Waals surface area contributed by atoms with Gasteiger partial charge in [0.25, 0.3) is 0 Å². The molecule has 4 aliphatic heterocycles. The Hall–Kier alpha value is -4.78. The quantitative estimate of drug-likeness (QED) is 0.0388.